The highest BCUT2D eigenvalue weighted by molar-refractivity contribution is 7.87. The van der Waals surface area contributed by atoms with E-state index in [1.54, 1.807) is 23.7 Å². The maximum atomic E-state index is 11.4. The van der Waals surface area contributed by atoms with E-state index in [4.69, 9.17) is 8.96 Å². The maximum absolute atomic E-state index is 11.4. The van der Waals surface area contributed by atoms with Crippen LogP contribution in [-0.2, 0) is 14.8 Å². The lowest BCUT2D eigenvalue weighted by atomic mass is 10.2. The van der Waals surface area contributed by atoms with Crippen molar-refractivity contribution in [2.24, 2.45) is 10.2 Å². The van der Waals surface area contributed by atoms with E-state index in [0.29, 0.717) is 17.1 Å². The summed E-state index contributed by atoms with van der Waals surface area (Å²) in [6.07, 6.45) is 2.33. The molecule has 2 aromatic carbocycles. The van der Waals surface area contributed by atoms with Crippen molar-refractivity contribution < 1.29 is 18.3 Å². The van der Waals surface area contributed by atoms with Gasteiger partial charge in [-0.15, -0.1) is 10.2 Å². The molecule has 1 aromatic heterocycles. The zero-order valence-corrected chi connectivity index (χ0v) is 18.5. The van der Waals surface area contributed by atoms with Gasteiger partial charge in [0.05, 0.1) is 23.3 Å². The fraction of sp³-hybridized carbons (Fsp3) is 0.143. The first-order chi connectivity index (χ1) is 15.1. The Balaban J connectivity index is 1.84. The number of rotatable bonds is 7. The van der Waals surface area contributed by atoms with E-state index in [9.17, 15) is 14.1 Å². The predicted octanol–water partition coefficient (Wildman–Crippen LogP) is 4.71. The molecule has 0 aliphatic heterocycles. The number of carbonyl (C=O) groups is 1. The number of phenolic OH excluding ortho intramolecular Hbond substituents is 1. The summed E-state index contributed by atoms with van der Waals surface area (Å²) in [4.78, 5) is 11.4. The molecule has 0 radical (unpaired) electrons. The monoisotopic (exact) mass is 454 g/mol. The number of nitrogens with zero attached hydrogens (tertiary/aromatic N) is 4. The van der Waals surface area contributed by atoms with E-state index < -0.39 is 10.0 Å². The van der Waals surface area contributed by atoms with E-state index in [0.717, 1.165) is 17.6 Å². The van der Waals surface area contributed by atoms with E-state index in [1.165, 1.54) is 24.3 Å². The van der Waals surface area contributed by atoms with Crippen LogP contribution in [0, 0.1) is 18.6 Å². The SMILES string of the molecule is C=CC(=O)Nc1ccc(-n2nc(C)c(N=Nc3ccc(OS(C)(=N)=O)cc3O)c2C)cc1. The first kappa shape index (κ1) is 22.7. The molecular formula is C21H22N6O4S. The second kappa shape index (κ2) is 9.02. The molecule has 3 rings (SSSR count). The van der Waals surface area contributed by atoms with Crippen molar-refractivity contribution in [2.75, 3.05) is 11.6 Å². The standard InChI is InChI=1S/C21H22N6O4S/c1-5-20(29)23-15-6-8-16(9-7-15)27-14(3)21(13(2)26-27)25-24-18-11-10-17(12-19(18)28)31-32(4,22)30/h5-12,22,28H,1H2,2-4H3,(H,23,29). The molecule has 166 valence electrons. The number of aryl methyl sites for hydroxylation is 1. The minimum atomic E-state index is -3.21. The second-order valence-electron chi connectivity index (χ2n) is 6.88. The largest absolute Gasteiger partial charge is 0.505 e. The van der Waals surface area contributed by atoms with Gasteiger partial charge in [0.1, 0.15) is 22.9 Å². The number of nitrogens with one attached hydrogen (secondary N) is 2. The van der Waals surface area contributed by atoms with Crippen LogP contribution < -0.4 is 9.50 Å². The third-order valence-corrected chi connectivity index (χ3v) is 4.79. The van der Waals surface area contributed by atoms with Gasteiger partial charge in [-0.3, -0.25) is 4.79 Å². The van der Waals surface area contributed by atoms with Crippen molar-refractivity contribution in [3.63, 3.8) is 0 Å². The number of amides is 1. The van der Waals surface area contributed by atoms with Crippen LogP contribution in [0.4, 0.5) is 17.1 Å². The Morgan fingerprint density at radius 1 is 1.25 bits per heavy atom. The van der Waals surface area contributed by atoms with Gasteiger partial charge in [-0.2, -0.15) is 5.10 Å². The zero-order chi connectivity index (χ0) is 23.5. The minimum Gasteiger partial charge on any atom is -0.505 e. The van der Waals surface area contributed by atoms with E-state index in [-0.39, 0.29) is 23.1 Å². The highest BCUT2D eigenvalue weighted by atomic mass is 32.2. The number of azo groups is 1. The van der Waals surface area contributed by atoms with Crippen LogP contribution in [0.5, 0.6) is 11.5 Å². The summed E-state index contributed by atoms with van der Waals surface area (Å²) in [7, 11) is -3.21. The van der Waals surface area contributed by atoms with Gasteiger partial charge in [0.2, 0.25) is 5.91 Å². The van der Waals surface area contributed by atoms with Crippen molar-refractivity contribution in [2.45, 2.75) is 13.8 Å². The van der Waals surface area contributed by atoms with Crippen LogP contribution in [0.2, 0.25) is 0 Å². The summed E-state index contributed by atoms with van der Waals surface area (Å²) in [5, 5.41) is 25.7. The van der Waals surface area contributed by atoms with Crippen LogP contribution in [0.1, 0.15) is 11.4 Å². The van der Waals surface area contributed by atoms with Gasteiger partial charge in [0.15, 0.2) is 10.0 Å². The van der Waals surface area contributed by atoms with Gasteiger partial charge in [0, 0.05) is 11.8 Å². The van der Waals surface area contributed by atoms with Crippen molar-refractivity contribution in [1.82, 2.24) is 9.78 Å². The molecule has 0 aliphatic carbocycles. The molecule has 0 saturated heterocycles. The quantitative estimate of drug-likeness (QED) is 0.350. The highest BCUT2D eigenvalue weighted by Crippen LogP contribution is 2.34. The molecule has 3 aromatic rings. The van der Waals surface area contributed by atoms with Crippen LogP contribution >= 0.6 is 0 Å². The van der Waals surface area contributed by atoms with Gasteiger partial charge >= 0.3 is 0 Å². The number of anilines is 1. The second-order valence-corrected chi connectivity index (χ2v) is 8.59. The molecule has 1 amide bonds. The molecule has 1 atom stereocenters. The van der Waals surface area contributed by atoms with Crippen LogP contribution in [0.25, 0.3) is 5.69 Å². The Morgan fingerprint density at radius 2 is 1.94 bits per heavy atom. The number of benzene rings is 2. The topological polar surface area (TPSA) is 142 Å². The van der Waals surface area contributed by atoms with Gasteiger partial charge in [-0.25, -0.2) is 13.7 Å². The van der Waals surface area contributed by atoms with Gasteiger partial charge in [-0.1, -0.05) is 6.58 Å². The van der Waals surface area contributed by atoms with Gasteiger partial charge in [-0.05, 0) is 56.3 Å². The lowest BCUT2D eigenvalue weighted by Crippen LogP contribution is -2.07. The normalized spacial score (nSPS) is 13.0. The van der Waals surface area contributed by atoms with Crippen molar-refractivity contribution in [1.29, 1.82) is 4.78 Å². The Morgan fingerprint density at radius 3 is 2.53 bits per heavy atom. The third-order valence-electron chi connectivity index (χ3n) is 4.28. The molecule has 0 saturated carbocycles. The number of hydrogen-bond donors (Lipinski definition) is 3. The molecule has 32 heavy (non-hydrogen) atoms. The molecule has 0 aliphatic rings. The number of phenols is 1. The molecule has 3 N–H and O–H groups in total. The fourth-order valence-electron chi connectivity index (χ4n) is 2.84. The fourth-order valence-corrected chi connectivity index (χ4v) is 3.31. The molecular weight excluding hydrogens is 432 g/mol. The zero-order valence-electron chi connectivity index (χ0n) is 17.7. The Labute approximate surface area is 185 Å². The summed E-state index contributed by atoms with van der Waals surface area (Å²) in [5.74, 6) is -0.427. The average molecular weight is 455 g/mol. The Hall–Kier alpha value is -3.99. The van der Waals surface area contributed by atoms with E-state index >= 15 is 0 Å². The smallest absolute Gasteiger partial charge is 0.247 e. The molecule has 10 nitrogen and oxygen atoms in total. The Kier molecular flexibility index (Phi) is 6.40. The molecule has 0 spiro atoms. The summed E-state index contributed by atoms with van der Waals surface area (Å²) in [6, 6.07) is 11.2. The molecule has 11 heteroatoms. The lowest BCUT2D eigenvalue weighted by Gasteiger charge is -2.07. The predicted molar refractivity (Wildman–Crippen MR) is 122 cm³/mol. The van der Waals surface area contributed by atoms with Crippen LogP contribution in [0.15, 0.2) is 65.3 Å². The first-order valence-corrected chi connectivity index (χ1v) is 11.2. The van der Waals surface area contributed by atoms with Crippen LogP contribution in [0.3, 0.4) is 0 Å². The summed E-state index contributed by atoms with van der Waals surface area (Å²) >= 11 is 0. The number of aromatic nitrogens is 2. The third kappa shape index (κ3) is 5.38. The van der Waals surface area contributed by atoms with Crippen molar-refractivity contribution in [3.8, 4) is 17.2 Å². The number of hydrogen-bond acceptors (Lipinski definition) is 8. The molecule has 1 heterocycles. The molecule has 0 fully saturated rings. The van der Waals surface area contributed by atoms with E-state index in [1.807, 2.05) is 19.1 Å². The number of carbonyl (C=O) groups excluding carboxylic acids is 1. The van der Waals surface area contributed by atoms with Crippen molar-refractivity contribution in [3.05, 3.63) is 66.5 Å². The van der Waals surface area contributed by atoms with Gasteiger partial charge < -0.3 is 14.6 Å². The minimum absolute atomic E-state index is 0.0943. The summed E-state index contributed by atoms with van der Waals surface area (Å²) < 4.78 is 25.4. The van der Waals surface area contributed by atoms with Crippen LogP contribution in [-0.4, -0.2) is 31.3 Å². The number of aromatic hydroxyl groups is 1. The first-order valence-electron chi connectivity index (χ1n) is 9.35. The lowest BCUT2D eigenvalue weighted by molar-refractivity contribution is -0.111. The average Bonchev–Trinajstić information content (AvgIpc) is 3.00. The van der Waals surface area contributed by atoms with Gasteiger partial charge in [0.25, 0.3) is 0 Å². The van der Waals surface area contributed by atoms with E-state index in [2.05, 4.69) is 27.2 Å². The molecule has 0 bridgehead atoms. The Bertz CT molecular complexity index is 1310. The summed E-state index contributed by atoms with van der Waals surface area (Å²) in [6.45, 7) is 7.05. The van der Waals surface area contributed by atoms with Crippen molar-refractivity contribution >= 4 is 33.0 Å². The highest BCUT2D eigenvalue weighted by Gasteiger charge is 2.13. The molecule has 1 unspecified atom stereocenters. The summed E-state index contributed by atoms with van der Waals surface area (Å²) in [5.41, 5.74) is 3.48. The maximum Gasteiger partial charge on any atom is 0.247 e.